The van der Waals surface area contributed by atoms with E-state index < -0.39 is 28.5 Å². The Balaban J connectivity index is 3.33. The summed E-state index contributed by atoms with van der Waals surface area (Å²) in [5, 5.41) is 7.80. The second kappa shape index (κ2) is 3.02. The Kier molecular flexibility index (Phi) is 2.23. The lowest BCUT2D eigenvalue weighted by atomic mass is 10.3. The number of aromatic nitrogens is 1. The molecule has 1 rings (SSSR count). The van der Waals surface area contributed by atoms with Gasteiger partial charge in [0, 0.05) is 0 Å². The van der Waals surface area contributed by atoms with Crippen LogP contribution in [0, 0.1) is 11.9 Å². The third kappa shape index (κ3) is 1.50. The summed E-state index contributed by atoms with van der Waals surface area (Å²) in [6.45, 7) is 0. The smallest absolute Gasteiger partial charge is 0.340 e. The topological polar surface area (TPSA) is 50.2 Å². The monoisotopic (exact) mass is 193 g/mol. The zero-order valence-electron chi connectivity index (χ0n) is 5.51. The molecule has 1 N–H and O–H groups in total. The fourth-order valence-corrected chi connectivity index (χ4v) is 0.747. The molecule has 0 amide bonds. The number of rotatable bonds is 1. The van der Waals surface area contributed by atoms with Crippen LogP contribution < -0.4 is 0 Å². The van der Waals surface area contributed by atoms with Gasteiger partial charge in [-0.2, -0.15) is 13.8 Å². The molecule has 0 saturated heterocycles. The van der Waals surface area contributed by atoms with Crippen LogP contribution in [0.1, 0.15) is 10.4 Å². The number of carbonyl (C=O) groups is 1. The van der Waals surface area contributed by atoms with E-state index in [1.54, 1.807) is 0 Å². The van der Waals surface area contributed by atoms with Crippen molar-refractivity contribution in [1.82, 2.24) is 4.98 Å². The van der Waals surface area contributed by atoms with Gasteiger partial charge in [-0.15, -0.1) is 0 Å². The predicted molar refractivity (Wildman–Crippen MR) is 36.1 cm³/mol. The summed E-state index contributed by atoms with van der Waals surface area (Å²) in [4.78, 5) is 12.9. The quantitative estimate of drug-likeness (QED) is 0.691. The number of carboxylic acids is 1. The van der Waals surface area contributed by atoms with Crippen LogP contribution in [-0.4, -0.2) is 16.1 Å². The molecule has 0 aromatic carbocycles. The maximum Gasteiger partial charge on any atom is 0.340 e. The van der Waals surface area contributed by atoms with E-state index in [2.05, 4.69) is 4.98 Å². The molecule has 0 aliphatic carbocycles. The summed E-state index contributed by atoms with van der Waals surface area (Å²) < 4.78 is 24.8. The van der Waals surface area contributed by atoms with Gasteiger partial charge in [-0.25, -0.2) is 4.79 Å². The summed E-state index contributed by atoms with van der Waals surface area (Å²) in [5.74, 6) is -4.15. The molecule has 0 atom stereocenters. The Bertz CT molecular complexity index is 343. The molecule has 0 aliphatic heterocycles. The number of pyridine rings is 1. The van der Waals surface area contributed by atoms with E-state index in [4.69, 9.17) is 16.7 Å². The first-order valence-electron chi connectivity index (χ1n) is 2.77. The SMILES string of the molecule is O=C(O)c1cc(Cl)c(F)nc1F. The Morgan fingerprint density at radius 3 is 2.58 bits per heavy atom. The largest absolute Gasteiger partial charge is 0.478 e. The molecule has 0 bridgehead atoms. The standard InChI is InChI=1S/C6H2ClF2NO2/c7-3-1-2(6(11)12)4(8)10-5(3)9/h1H,(H,11,12). The average Bonchev–Trinajstić information content (AvgIpc) is 1.96. The van der Waals surface area contributed by atoms with Crippen LogP contribution in [0.5, 0.6) is 0 Å². The van der Waals surface area contributed by atoms with Crippen molar-refractivity contribution < 1.29 is 18.7 Å². The number of halogens is 3. The first-order chi connectivity index (χ1) is 5.52. The van der Waals surface area contributed by atoms with Crippen LogP contribution in [0.4, 0.5) is 8.78 Å². The Hall–Kier alpha value is -1.23. The molecule has 0 unspecified atom stereocenters. The minimum atomic E-state index is -1.54. The van der Waals surface area contributed by atoms with Gasteiger partial charge >= 0.3 is 5.97 Å². The highest BCUT2D eigenvalue weighted by Crippen LogP contribution is 2.15. The third-order valence-corrected chi connectivity index (χ3v) is 1.38. The summed E-state index contributed by atoms with van der Waals surface area (Å²) in [5.41, 5.74) is -0.749. The molecule has 0 fully saturated rings. The van der Waals surface area contributed by atoms with Gasteiger partial charge in [-0.05, 0) is 6.07 Å². The Labute approximate surface area is 70.6 Å². The minimum absolute atomic E-state index is 0.520. The van der Waals surface area contributed by atoms with E-state index in [1.807, 2.05) is 0 Å². The van der Waals surface area contributed by atoms with Crippen LogP contribution in [0.25, 0.3) is 0 Å². The average molecular weight is 194 g/mol. The van der Waals surface area contributed by atoms with Gasteiger partial charge in [0.05, 0.1) is 5.02 Å². The fraction of sp³-hybridized carbons (Fsp3) is 0. The normalized spacial score (nSPS) is 9.92. The molecular formula is C6H2ClF2NO2. The number of nitrogens with zero attached hydrogens (tertiary/aromatic N) is 1. The van der Waals surface area contributed by atoms with Crippen LogP contribution in [-0.2, 0) is 0 Å². The predicted octanol–water partition coefficient (Wildman–Crippen LogP) is 1.71. The van der Waals surface area contributed by atoms with Crippen LogP contribution in [0.2, 0.25) is 5.02 Å². The van der Waals surface area contributed by atoms with Crippen molar-refractivity contribution in [2.75, 3.05) is 0 Å². The number of hydrogen-bond acceptors (Lipinski definition) is 2. The lowest BCUT2D eigenvalue weighted by Crippen LogP contribution is -2.04. The van der Waals surface area contributed by atoms with Gasteiger partial charge in [0.2, 0.25) is 11.9 Å². The highest BCUT2D eigenvalue weighted by molar-refractivity contribution is 6.30. The van der Waals surface area contributed by atoms with Crippen molar-refractivity contribution in [2.45, 2.75) is 0 Å². The van der Waals surface area contributed by atoms with Crippen molar-refractivity contribution in [1.29, 1.82) is 0 Å². The van der Waals surface area contributed by atoms with E-state index in [-0.39, 0.29) is 0 Å². The first-order valence-corrected chi connectivity index (χ1v) is 3.15. The second-order valence-corrected chi connectivity index (χ2v) is 2.31. The van der Waals surface area contributed by atoms with Crippen molar-refractivity contribution in [2.24, 2.45) is 0 Å². The number of aromatic carboxylic acids is 1. The van der Waals surface area contributed by atoms with Gasteiger partial charge in [-0.3, -0.25) is 0 Å². The molecule has 1 aromatic heterocycles. The Morgan fingerprint density at radius 2 is 2.08 bits per heavy atom. The van der Waals surface area contributed by atoms with Gasteiger partial charge in [-0.1, -0.05) is 11.6 Å². The molecule has 0 radical (unpaired) electrons. The summed E-state index contributed by atoms with van der Waals surface area (Å²) in [6.07, 6.45) is 0. The lowest BCUT2D eigenvalue weighted by molar-refractivity contribution is 0.0690. The van der Waals surface area contributed by atoms with E-state index in [0.717, 1.165) is 0 Å². The summed E-state index contributed by atoms with van der Waals surface area (Å²) in [7, 11) is 0. The molecule has 1 heterocycles. The molecular weight excluding hydrogens is 192 g/mol. The van der Waals surface area contributed by atoms with Gasteiger partial charge in [0.15, 0.2) is 0 Å². The van der Waals surface area contributed by atoms with Crippen molar-refractivity contribution in [3.63, 3.8) is 0 Å². The highest BCUT2D eigenvalue weighted by atomic mass is 35.5. The lowest BCUT2D eigenvalue weighted by Gasteiger charge is -1.97. The minimum Gasteiger partial charge on any atom is -0.478 e. The highest BCUT2D eigenvalue weighted by Gasteiger charge is 2.15. The van der Waals surface area contributed by atoms with Crippen LogP contribution in [0.3, 0.4) is 0 Å². The van der Waals surface area contributed by atoms with Crippen LogP contribution in [0.15, 0.2) is 6.07 Å². The first kappa shape index (κ1) is 8.86. The zero-order valence-corrected chi connectivity index (χ0v) is 6.27. The van der Waals surface area contributed by atoms with Crippen molar-refractivity contribution >= 4 is 17.6 Å². The molecule has 3 nitrogen and oxygen atoms in total. The maximum absolute atomic E-state index is 12.5. The molecule has 0 aliphatic rings. The molecule has 1 aromatic rings. The second-order valence-electron chi connectivity index (χ2n) is 1.90. The molecule has 0 saturated carbocycles. The fourth-order valence-electron chi connectivity index (χ4n) is 0.596. The molecule has 64 valence electrons. The van der Waals surface area contributed by atoms with Gasteiger partial charge in [0.25, 0.3) is 0 Å². The third-order valence-electron chi connectivity index (χ3n) is 1.12. The summed E-state index contributed by atoms with van der Waals surface area (Å²) in [6, 6.07) is 0.668. The van der Waals surface area contributed by atoms with Crippen molar-refractivity contribution in [3.8, 4) is 0 Å². The van der Waals surface area contributed by atoms with E-state index >= 15 is 0 Å². The van der Waals surface area contributed by atoms with E-state index in [1.165, 1.54) is 0 Å². The van der Waals surface area contributed by atoms with E-state index in [0.29, 0.717) is 6.07 Å². The van der Waals surface area contributed by atoms with Gasteiger partial charge < -0.3 is 5.11 Å². The van der Waals surface area contributed by atoms with Crippen molar-refractivity contribution in [3.05, 3.63) is 28.5 Å². The van der Waals surface area contributed by atoms with Crippen LogP contribution >= 0.6 is 11.6 Å². The Morgan fingerprint density at radius 1 is 1.50 bits per heavy atom. The zero-order chi connectivity index (χ0) is 9.30. The number of hydrogen-bond donors (Lipinski definition) is 1. The molecule has 12 heavy (non-hydrogen) atoms. The van der Waals surface area contributed by atoms with Gasteiger partial charge in [0.1, 0.15) is 5.56 Å². The summed E-state index contributed by atoms with van der Waals surface area (Å²) >= 11 is 5.16. The number of carboxylic acid groups (broad SMARTS) is 1. The molecule has 0 spiro atoms. The molecule has 6 heteroatoms. The maximum atomic E-state index is 12.5. The van der Waals surface area contributed by atoms with E-state index in [9.17, 15) is 13.6 Å².